The summed E-state index contributed by atoms with van der Waals surface area (Å²) in [5, 5.41) is 9.74. The van der Waals surface area contributed by atoms with Gasteiger partial charge in [-0.15, -0.1) is 0 Å². The number of rotatable bonds is 1. The molecule has 2 saturated carbocycles. The standard InChI is InChI=1S/C20H30O3.C17H12O2/c1-12-5-4-9-19(2)15(12)11-17-20(3)14(8-10-23-17)13(18(21)22)6-7-16(19)20;1-2-4-12-11(3-1)9-16-17-10-19-15(6-5-13(12)17)14(17)7-8-18-16/h5,13-17H,4,6-11H2,1-3H3,(H,21,22);1-5,7-9H,6,10H2/t13-,14-,15-,16+,17+,19-,20-;/m0./s1. The smallest absolute Gasteiger partial charge is 0.306 e. The molecule has 5 nitrogen and oxygen atoms in total. The molecule has 1 aromatic rings. The van der Waals surface area contributed by atoms with E-state index in [4.69, 9.17) is 14.2 Å². The minimum atomic E-state index is -0.581. The molecule has 9 rings (SSSR count). The van der Waals surface area contributed by atoms with Crippen LogP contribution in [0.2, 0.25) is 0 Å². The van der Waals surface area contributed by atoms with E-state index < -0.39 is 5.97 Å². The third-order valence-corrected chi connectivity index (χ3v) is 12.9. The molecule has 8 atom stereocenters. The van der Waals surface area contributed by atoms with Crippen molar-refractivity contribution in [3.8, 4) is 0 Å². The van der Waals surface area contributed by atoms with Crippen molar-refractivity contribution in [3.05, 3.63) is 82.5 Å². The van der Waals surface area contributed by atoms with Gasteiger partial charge in [-0.1, -0.05) is 55.8 Å². The van der Waals surface area contributed by atoms with E-state index in [0.29, 0.717) is 29.8 Å². The second-order valence-corrected chi connectivity index (χ2v) is 14.3. The summed E-state index contributed by atoms with van der Waals surface area (Å²) < 4.78 is 18.0. The van der Waals surface area contributed by atoms with Crippen molar-refractivity contribution < 1.29 is 24.1 Å². The van der Waals surface area contributed by atoms with Crippen molar-refractivity contribution in [1.82, 2.24) is 0 Å². The highest BCUT2D eigenvalue weighted by atomic mass is 16.5. The molecular weight excluding hydrogens is 524 g/mol. The normalized spacial score (nSPS) is 41.6. The van der Waals surface area contributed by atoms with Crippen molar-refractivity contribution >= 4 is 17.6 Å². The van der Waals surface area contributed by atoms with Gasteiger partial charge in [0.15, 0.2) is 0 Å². The molecule has 1 N–H and O–H groups in total. The van der Waals surface area contributed by atoms with Gasteiger partial charge >= 0.3 is 5.97 Å². The lowest BCUT2D eigenvalue weighted by Crippen LogP contribution is -2.65. The van der Waals surface area contributed by atoms with Gasteiger partial charge in [0.1, 0.15) is 23.5 Å². The molecule has 1 aromatic carbocycles. The molecule has 2 bridgehead atoms. The molecule has 5 aliphatic carbocycles. The topological polar surface area (TPSA) is 65.0 Å². The van der Waals surface area contributed by atoms with E-state index >= 15 is 0 Å². The molecule has 1 spiro atoms. The second kappa shape index (κ2) is 9.22. The van der Waals surface area contributed by atoms with E-state index in [2.05, 4.69) is 69.3 Å². The molecule has 3 heterocycles. The van der Waals surface area contributed by atoms with Gasteiger partial charge < -0.3 is 19.3 Å². The average Bonchev–Trinajstić information content (AvgIpc) is 3.23. The molecule has 0 radical (unpaired) electrons. The maximum Gasteiger partial charge on any atom is 0.306 e. The maximum absolute atomic E-state index is 11.8. The Hall–Kier alpha value is -3.05. The molecule has 0 amide bonds. The number of aliphatic carboxylic acids is 1. The third kappa shape index (κ3) is 3.38. The maximum atomic E-state index is 11.8. The van der Waals surface area contributed by atoms with E-state index in [1.165, 1.54) is 35.1 Å². The highest BCUT2D eigenvalue weighted by molar-refractivity contribution is 5.90. The van der Waals surface area contributed by atoms with Gasteiger partial charge in [-0.25, -0.2) is 0 Å². The van der Waals surface area contributed by atoms with E-state index in [0.717, 1.165) is 50.2 Å². The quantitative estimate of drug-likeness (QED) is 0.350. The van der Waals surface area contributed by atoms with Crippen molar-refractivity contribution in [2.24, 2.45) is 39.9 Å². The first-order chi connectivity index (χ1) is 20.3. The third-order valence-electron chi connectivity index (χ3n) is 12.9. The molecule has 1 saturated heterocycles. The Morgan fingerprint density at radius 2 is 1.95 bits per heavy atom. The molecule has 3 aliphatic heterocycles. The molecule has 0 aromatic heterocycles. The van der Waals surface area contributed by atoms with Crippen LogP contribution >= 0.6 is 0 Å². The van der Waals surface area contributed by atoms with Gasteiger partial charge in [-0.3, -0.25) is 4.79 Å². The summed E-state index contributed by atoms with van der Waals surface area (Å²) in [6, 6.07) is 8.52. The van der Waals surface area contributed by atoms with Crippen LogP contribution in [0.1, 0.15) is 76.8 Å². The monoisotopic (exact) mass is 566 g/mol. The summed E-state index contributed by atoms with van der Waals surface area (Å²) in [6.07, 6.45) is 18.3. The minimum Gasteiger partial charge on any atom is -0.495 e. The Kier molecular flexibility index (Phi) is 5.83. The molecule has 42 heavy (non-hydrogen) atoms. The molecule has 5 heteroatoms. The van der Waals surface area contributed by atoms with Crippen LogP contribution in [0.5, 0.6) is 0 Å². The zero-order valence-electron chi connectivity index (χ0n) is 25.0. The van der Waals surface area contributed by atoms with E-state index in [1.54, 1.807) is 11.8 Å². The lowest BCUT2D eigenvalue weighted by Gasteiger charge is -2.67. The Labute approximate surface area is 249 Å². The van der Waals surface area contributed by atoms with Gasteiger partial charge in [0, 0.05) is 24.0 Å². The van der Waals surface area contributed by atoms with Gasteiger partial charge in [0.05, 0.1) is 18.3 Å². The lowest BCUT2D eigenvalue weighted by molar-refractivity contribution is -0.239. The Morgan fingerprint density at radius 3 is 2.81 bits per heavy atom. The van der Waals surface area contributed by atoms with Crippen LogP contribution in [-0.2, 0) is 19.0 Å². The zero-order chi connectivity index (χ0) is 28.9. The van der Waals surface area contributed by atoms with Crippen LogP contribution in [0.4, 0.5) is 0 Å². The zero-order valence-corrected chi connectivity index (χ0v) is 25.0. The fourth-order valence-corrected chi connectivity index (χ4v) is 10.9. The number of hydrogen-bond donors (Lipinski definition) is 1. The Morgan fingerprint density at radius 1 is 1.10 bits per heavy atom. The molecule has 8 aliphatic rings. The number of ether oxygens (including phenoxy) is 3. The predicted molar refractivity (Wildman–Crippen MR) is 162 cm³/mol. The summed E-state index contributed by atoms with van der Waals surface area (Å²) in [4.78, 5) is 11.8. The number of allylic oxidation sites excluding steroid dienone is 4. The van der Waals surface area contributed by atoms with E-state index in [-0.39, 0.29) is 22.9 Å². The Balaban J connectivity index is 0.000000129. The largest absolute Gasteiger partial charge is 0.495 e. The highest BCUT2D eigenvalue weighted by Gasteiger charge is 2.65. The highest BCUT2D eigenvalue weighted by Crippen LogP contribution is 2.68. The fraction of sp³-hybridized carbons (Fsp3) is 0.541. The van der Waals surface area contributed by atoms with Crippen molar-refractivity contribution in [1.29, 1.82) is 0 Å². The van der Waals surface area contributed by atoms with Gasteiger partial charge in [-0.05, 0) is 97.5 Å². The first kappa shape index (κ1) is 26.6. The van der Waals surface area contributed by atoms with E-state index in [1.807, 2.05) is 0 Å². The van der Waals surface area contributed by atoms with Crippen LogP contribution < -0.4 is 0 Å². The Bertz CT molecular complexity index is 1510. The summed E-state index contributed by atoms with van der Waals surface area (Å²) in [6.45, 7) is 8.58. The first-order valence-corrected chi connectivity index (χ1v) is 16.0. The predicted octanol–water partition coefficient (Wildman–Crippen LogP) is 7.92. The summed E-state index contributed by atoms with van der Waals surface area (Å²) in [7, 11) is 0. The van der Waals surface area contributed by atoms with Crippen LogP contribution in [0, 0.1) is 39.9 Å². The molecule has 220 valence electrons. The summed E-state index contributed by atoms with van der Waals surface area (Å²) >= 11 is 0. The second-order valence-electron chi connectivity index (χ2n) is 14.3. The molecule has 3 fully saturated rings. The van der Waals surface area contributed by atoms with Crippen molar-refractivity contribution in [2.75, 3.05) is 13.2 Å². The van der Waals surface area contributed by atoms with Crippen LogP contribution in [0.15, 0.2) is 71.4 Å². The summed E-state index contributed by atoms with van der Waals surface area (Å²) in [5.74, 6) is 2.88. The average molecular weight is 567 g/mol. The number of carbonyl (C=O) groups is 1. The molecule has 1 unspecified atom stereocenters. The lowest BCUT2D eigenvalue weighted by atomic mass is 9.40. The van der Waals surface area contributed by atoms with Crippen LogP contribution in [-0.4, -0.2) is 30.4 Å². The number of hydrogen-bond acceptors (Lipinski definition) is 4. The van der Waals surface area contributed by atoms with Gasteiger partial charge in [0.25, 0.3) is 0 Å². The van der Waals surface area contributed by atoms with E-state index in [9.17, 15) is 9.90 Å². The minimum absolute atomic E-state index is 0.0441. The summed E-state index contributed by atoms with van der Waals surface area (Å²) in [5.41, 5.74) is 6.92. The SMILES string of the molecule is C1=CC2=C3CC=C4c5ccccc5C=C(O1)C42CO3.CC1=CCC[C@]2(C)[C@H]3CC[C@H](C(=O)O)[C@@H]4CCO[C@H](C[C@@H]12)[C@]34C. The van der Waals surface area contributed by atoms with Crippen molar-refractivity contribution in [3.63, 3.8) is 0 Å². The fourth-order valence-electron chi connectivity index (χ4n) is 10.9. The number of benzene rings is 1. The molecular formula is C37H42O5. The number of carboxylic acid groups (broad SMARTS) is 1. The van der Waals surface area contributed by atoms with Crippen LogP contribution in [0.3, 0.4) is 0 Å². The number of carboxylic acids is 1. The van der Waals surface area contributed by atoms with Gasteiger partial charge in [-0.2, -0.15) is 0 Å². The van der Waals surface area contributed by atoms with Crippen molar-refractivity contribution in [2.45, 2.75) is 71.8 Å². The van der Waals surface area contributed by atoms with Crippen LogP contribution in [0.25, 0.3) is 11.6 Å². The number of fused-ring (bicyclic) bond motifs is 4. The van der Waals surface area contributed by atoms with Gasteiger partial charge in [0.2, 0.25) is 0 Å². The first-order valence-electron chi connectivity index (χ1n) is 16.0.